The van der Waals surface area contributed by atoms with E-state index in [2.05, 4.69) is 4.98 Å². The van der Waals surface area contributed by atoms with Crippen LogP contribution in [0.5, 0.6) is 0 Å². The summed E-state index contributed by atoms with van der Waals surface area (Å²) in [5.74, 6) is 0. The van der Waals surface area contributed by atoms with E-state index in [-0.39, 0.29) is 16.4 Å². The summed E-state index contributed by atoms with van der Waals surface area (Å²) in [5.41, 5.74) is 5.45. The summed E-state index contributed by atoms with van der Waals surface area (Å²) in [6.07, 6.45) is -2.68. The molecule has 1 rings (SSSR count). The first-order chi connectivity index (χ1) is 5.52. The Labute approximate surface area is 73.4 Å². The number of aromatic nitrogens is 1. The molecule has 0 unspecified atom stereocenters. The zero-order valence-electron chi connectivity index (χ0n) is 6.31. The normalized spacial score (nSPS) is 10.8. The molecule has 12 heavy (non-hydrogen) atoms. The van der Waals surface area contributed by atoms with Gasteiger partial charge in [0.1, 0.15) is 5.15 Å². The van der Waals surface area contributed by atoms with Gasteiger partial charge in [0.15, 0.2) is 0 Å². The summed E-state index contributed by atoms with van der Waals surface area (Å²) in [6, 6.07) is 1.37. The van der Waals surface area contributed by atoms with Gasteiger partial charge in [-0.2, -0.15) is 0 Å². The molecule has 0 aliphatic rings. The first-order valence-electron chi connectivity index (χ1n) is 3.23. The van der Waals surface area contributed by atoms with Crippen molar-refractivity contribution in [1.29, 1.82) is 0 Å². The van der Waals surface area contributed by atoms with E-state index in [1.807, 2.05) is 0 Å². The van der Waals surface area contributed by atoms with Crippen LogP contribution >= 0.6 is 11.6 Å². The van der Waals surface area contributed by atoms with Gasteiger partial charge in [0.25, 0.3) is 6.43 Å². The third kappa shape index (κ3) is 1.64. The van der Waals surface area contributed by atoms with Crippen molar-refractivity contribution in [3.8, 4) is 0 Å². The van der Waals surface area contributed by atoms with Crippen molar-refractivity contribution in [2.24, 2.45) is 0 Å². The average molecular weight is 193 g/mol. The van der Waals surface area contributed by atoms with Gasteiger partial charge in [-0.15, -0.1) is 0 Å². The molecule has 66 valence electrons. The fourth-order valence-electron chi connectivity index (χ4n) is 0.885. The lowest BCUT2D eigenvalue weighted by atomic mass is 10.2. The van der Waals surface area contributed by atoms with Gasteiger partial charge in [0, 0.05) is 11.4 Å². The first kappa shape index (κ1) is 9.19. The molecule has 2 N–H and O–H groups in total. The first-order valence-corrected chi connectivity index (χ1v) is 3.61. The Kier molecular flexibility index (Phi) is 2.47. The van der Waals surface area contributed by atoms with Crippen LogP contribution in [0.15, 0.2) is 6.07 Å². The number of pyridine rings is 1. The number of nitrogens with zero attached hydrogens (tertiary/aromatic N) is 1. The predicted molar refractivity (Wildman–Crippen MR) is 43.4 cm³/mol. The highest BCUT2D eigenvalue weighted by atomic mass is 35.5. The predicted octanol–water partition coefficient (Wildman–Crippen LogP) is 2.56. The number of alkyl halides is 2. The highest BCUT2D eigenvalue weighted by Crippen LogP contribution is 2.30. The molecule has 1 aromatic heterocycles. The van der Waals surface area contributed by atoms with E-state index in [1.54, 1.807) is 6.92 Å². The van der Waals surface area contributed by atoms with Gasteiger partial charge >= 0.3 is 0 Å². The lowest BCUT2D eigenvalue weighted by Crippen LogP contribution is -1.99. The van der Waals surface area contributed by atoms with Crippen LogP contribution in [-0.4, -0.2) is 4.98 Å². The van der Waals surface area contributed by atoms with E-state index in [0.717, 1.165) is 0 Å². The molecule has 0 atom stereocenters. The maximum absolute atomic E-state index is 12.2. The Bertz CT molecular complexity index is 278. The molecule has 0 bridgehead atoms. The van der Waals surface area contributed by atoms with Crippen molar-refractivity contribution in [3.05, 3.63) is 22.5 Å². The molecule has 0 fully saturated rings. The van der Waals surface area contributed by atoms with E-state index in [1.165, 1.54) is 6.07 Å². The molecule has 0 aliphatic carbocycles. The molecule has 0 aromatic carbocycles. The summed E-state index contributed by atoms with van der Waals surface area (Å²) in [6.45, 7) is 1.64. The van der Waals surface area contributed by atoms with Gasteiger partial charge in [0.05, 0.1) is 5.56 Å². The third-order valence-electron chi connectivity index (χ3n) is 1.39. The lowest BCUT2D eigenvalue weighted by Gasteiger charge is -2.06. The van der Waals surface area contributed by atoms with Crippen LogP contribution in [0.2, 0.25) is 5.15 Å². The van der Waals surface area contributed by atoms with E-state index in [4.69, 9.17) is 17.3 Å². The van der Waals surface area contributed by atoms with Crippen LogP contribution < -0.4 is 5.73 Å². The third-order valence-corrected chi connectivity index (χ3v) is 1.68. The van der Waals surface area contributed by atoms with Crippen molar-refractivity contribution in [3.63, 3.8) is 0 Å². The standard InChI is InChI=1S/C7H7ClF2N2/c1-3-2-4(11)5(7(9)10)6(8)12-3/h2,7H,1H3,(H2,11,12). The molecular formula is C7H7ClF2N2. The molecule has 0 radical (unpaired) electrons. The van der Waals surface area contributed by atoms with Gasteiger partial charge in [-0.25, -0.2) is 13.8 Å². The Balaban J connectivity index is 3.28. The summed E-state index contributed by atoms with van der Waals surface area (Å²) < 4.78 is 24.4. The molecule has 0 saturated heterocycles. The molecule has 0 aliphatic heterocycles. The lowest BCUT2D eigenvalue weighted by molar-refractivity contribution is 0.152. The summed E-state index contributed by atoms with van der Waals surface area (Å²) in [5, 5.41) is -0.220. The maximum Gasteiger partial charge on any atom is 0.268 e. The van der Waals surface area contributed by atoms with Crippen molar-refractivity contribution in [2.75, 3.05) is 5.73 Å². The van der Waals surface area contributed by atoms with Crippen molar-refractivity contribution in [1.82, 2.24) is 4.98 Å². The zero-order chi connectivity index (χ0) is 9.30. The molecule has 1 heterocycles. The van der Waals surface area contributed by atoms with Crippen molar-refractivity contribution in [2.45, 2.75) is 13.3 Å². The Hall–Kier alpha value is -0.900. The van der Waals surface area contributed by atoms with Crippen LogP contribution in [0, 0.1) is 6.92 Å². The number of nitrogens with two attached hydrogens (primary N) is 1. The Morgan fingerprint density at radius 1 is 1.58 bits per heavy atom. The van der Waals surface area contributed by atoms with Crippen molar-refractivity contribution >= 4 is 17.3 Å². The molecule has 1 aromatic rings. The van der Waals surface area contributed by atoms with Crippen LogP contribution in [0.1, 0.15) is 17.7 Å². The highest BCUT2D eigenvalue weighted by Gasteiger charge is 2.16. The Morgan fingerprint density at radius 3 is 2.58 bits per heavy atom. The van der Waals surface area contributed by atoms with E-state index in [0.29, 0.717) is 5.69 Å². The van der Waals surface area contributed by atoms with E-state index < -0.39 is 6.43 Å². The van der Waals surface area contributed by atoms with Gasteiger partial charge in [-0.3, -0.25) is 0 Å². The fraction of sp³-hybridized carbons (Fsp3) is 0.286. The smallest absolute Gasteiger partial charge is 0.268 e. The molecule has 0 saturated carbocycles. The van der Waals surface area contributed by atoms with Gasteiger partial charge in [-0.1, -0.05) is 11.6 Å². The zero-order valence-corrected chi connectivity index (χ0v) is 7.07. The topological polar surface area (TPSA) is 38.9 Å². The van der Waals surface area contributed by atoms with Gasteiger partial charge in [0.2, 0.25) is 0 Å². The molecule has 5 heteroatoms. The second-order valence-corrected chi connectivity index (χ2v) is 2.72. The van der Waals surface area contributed by atoms with Crippen LogP contribution in [0.3, 0.4) is 0 Å². The largest absolute Gasteiger partial charge is 0.398 e. The second-order valence-electron chi connectivity index (χ2n) is 2.36. The number of aryl methyl sites for hydroxylation is 1. The second kappa shape index (κ2) is 3.23. The maximum atomic E-state index is 12.2. The summed E-state index contributed by atoms with van der Waals surface area (Å²) in [7, 11) is 0. The van der Waals surface area contributed by atoms with E-state index >= 15 is 0 Å². The monoisotopic (exact) mass is 192 g/mol. The van der Waals surface area contributed by atoms with Gasteiger partial charge in [-0.05, 0) is 13.0 Å². The SMILES string of the molecule is Cc1cc(N)c(C(F)F)c(Cl)n1. The molecule has 0 amide bonds. The minimum atomic E-state index is -2.68. The number of nitrogen functional groups attached to an aromatic ring is 1. The van der Waals surface area contributed by atoms with Crippen LogP contribution in [0.4, 0.5) is 14.5 Å². The minimum absolute atomic E-state index is 0.0116. The minimum Gasteiger partial charge on any atom is -0.398 e. The summed E-state index contributed by atoms with van der Waals surface area (Å²) in [4.78, 5) is 3.66. The molecule has 2 nitrogen and oxygen atoms in total. The van der Waals surface area contributed by atoms with E-state index in [9.17, 15) is 8.78 Å². The average Bonchev–Trinajstić information content (AvgIpc) is 1.82. The van der Waals surface area contributed by atoms with Crippen LogP contribution in [0.25, 0.3) is 0 Å². The van der Waals surface area contributed by atoms with Crippen LogP contribution in [-0.2, 0) is 0 Å². The Morgan fingerprint density at radius 2 is 2.17 bits per heavy atom. The van der Waals surface area contributed by atoms with Gasteiger partial charge < -0.3 is 5.73 Å². The van der Waals surface area contributed by atoms with Crippen molar-refractivity contribution < 1.29 is 8.78 Å². The highest BCUT2D eigenvalue weighted by molar-refractivity contribution is 6.30. The summed E-state index contributed by atoms with van der Waals surface area (Å²) >= 11 is 5.46. The number of rotatable bonds is 1. The number of anilines is 1. The number of hydrogen-bond donors (Lipinski definition) is 1. The quantitative estimate of drug-likeness (QED) is 0.695. The fourth-order valence-corrected chi connectivity index (χ4v) is 1.21. The molecular weight excluding hydrogens is 186 g/mol. The number of hydrogen-bond acceptors (Lipinski definition) is 2. The molecule has 0 spiro atoms. The number of halogens is 3.